The fourth-order valence-corrected chi connectivity index (χ4v) is 3.29. The average Bonchev–Trinajstić information content (AvgIpc) is 3.12. The third-order valence-corrected chi connectivity index (χ3v) is 4.44. The molecule has 0 saturated carbocycles. The quantitative estimate of drug-likeness (QED) is 0.874. The number of nitrogens with one attached hydrogen (secondary N) is 1. The SMILES string of the molecule is CC(C)[C@@H]1C[C@H](NC(=O)c2cn(CC(=O)O)nn2)c2ccccc21. The van der Waals surface area contributed by atoms with Gasteiger partial charge in [-0.1, -0.05) is 43.3 Å². The van der Waals surface area contributed by atoms with E-state index in [2.05, 4.69) is 35.5 Å². The largest absolute Gasteiger partial charge is 0.480 e. The zero-order valence-electron chi connectivity index (χ0n) is 13.6. The highest BCUT2D eigenvalue weighted by Crippen LogP contribution is 2.43. The van der Waals surface area contributed by atoms with E-state index < -0.39 is 5.97 Å². The summed E-state index contributed by atoms with van der Waals surface area (Å²) in [4.78, 5) is 23.1. The number of carboxylic acids is 1. The summed E-state index contributed by atoms with van der Waals surface area (Å²) in [5.41, 5.74) is 2.55. The number of nitrogens with zero attached hydrogens (tertiary/aromatic N) is 3. The van der Waals surface area contributed by atoms with Crippen molar-refractivity contribution in [3.63, 3.8) is 0 Å². The number of benzene rings is 1. The third-order valence-electron chi connectivity index (χ3n) is 4.44. The van der Waals surface area contributed by atoms with Crippen molar-refractivity contribution in [2.75, 3.05) is 0 Å². The van der Waals surface area contributed by atoms with E-state index in [0.717, 1.165) is 16.7 Å². The lowest BCUT2D eigenvalue weighted by Gasteiger charge is -2.16. The molecule has 0 saturated heterocycles. The van der Waals surface area contributed by atoms with Gasteiger partial charge in [-0.2, -0.15) is 0 Å². The molecule has 24 heavy (non-hydrogen) atoms. The number of carboxylic acid groups (broad SMARTS) is 1. The predicted octanol–water partition coefficient (Wildman–Crippen LogP) is 1.98. The van der Waals surface area contributed by atoms with Crippen LogP contribution in [0.25, 0.3) is 0 Å². The van der Waals surface area contributed by atoms with E-state index in [-0.39, 0.29) is 24.2 Å². The minimum atomic E-state index is -1.03. The molecule has 126 valence electrons. The molecule has 2 N–H and O–H groups in total. The van der Waals surface area contributed by atoms with Crippen molar-refractivity contribution in [3.05, 3.63) is 47.3 Å². The van der Waals surface area contributed by atoms with Gasteiger partial charge in [0, 0.05) is 0 Å². The Morgan fingerprint density at radius 3 is 2.71 bits per heavy atom. The average molecular weight is 328 g/mol. The van der Waals surface area contributed by atoms with Crippen molar-refractivity contribution in [1.29, 1.82) is 0 Å². The van der Waals surface area contributed by atoms with Gasteiger partial charge in [0.2, 0.25) is 0 Å². The molecule has 2 aromatic rings. The van der Waals surface area contributed by atoms with E-state index in [1.165, 1.54) is 11.8 Å². The second-order valence-electron chi connectivity index (χ2n) is 6.44. The standard InChI is InChI=1S/C17H20N4O3/c1-10(2)13-7-14(12-6-4-3-5-11(12)13)18-17(24)15-8-21(20-19-15)9-16(22)23/h3-6,8,10,13-14H,7,9H2,1-2H3,(H,18,24)(H,22,23)/t13-,14-/m0/s1. The molecule has 1 aliphatic rings. The molecule has 7 nitrogen and oxygen atoms in total. The summed E-state index contributed by atoms with van der Waals surface area (Å²) in [6.07, 6.45) is 2.20. The van der Waals surface area contributed by atoms with E-state index in [0.29, 0.717) is 11.8 Å². The first-order chi connectivity index (χ1) is 11.5. The number of fused-ring (bicyclic) bond motifs is 1. The van der Waals surface area contributed by atoms with Gasteiger partial charge < -0.3 is 10.4 Å². The number of carbonyl (C=O) groups is 2. The molecule has 0 fully saturated rings. The first-order valence-electron chi connectivity index (χ1n) is 7.97. The summed E-state index contributed by atoms with van der Waals surface area (Å²) >= 11 is 0. The maximum absolute atomic E-state index is 12.4. The van der Waals surface area contributed by atoms with Crippen LogP contribution in [0.4, 0.5) is 0 Å². The van der Waals surface area contributed by atoms with Crippen LogP contribution in [0.2, 0.25) is 0 Å². The normalized spacial score (nSPS) is 19.3. The highest BCUT2D eigenvalue weighted by molar-refractivity contribution is 5.92. The predicted molar refractivity (Wildman–Crippen MR) is 86.5 cm³/mol. The van der Waals surface area contributed by atoms with Gasteiger partial charge >= 0.3 is 5.97 Å². The van der Waals surface area contributed by atoms with Crippen LogP contribution in [0.15, 0.2) is 30.5 Å². The van der Waals surface area contributed by atoms with Gasteiger partial charge in [-0.25, -0.2) is 4.68 Å². The Morgan fingerprint density at radius 1 is 1.33 bits per heavy atom. The Kier molecular flexibility index (Phi) is 4.33. The Bertz CT molecular complexity index is 769. The van der Waals surface area contributed by atoms with Crippen LogP contribution in [-0.4, -0.2) is 32.0 Å². The Labute approximate surface area is 139 Å². The first-order valence-corrected chi connectivity index (χ1v) is 7.97. The lowest BCUT2D eigenvalue weighted by molar-refractivity contribution is -0.137. The van der Waals surface area contributed by atoms with Crippen molar-refractivity contribution in [1.82, 2.24) is 20.3 Å². The summed E-state index contributed by atoms with van der Waals surface area (Å²) < 4.78 is 1.14. The highest BCUT2D eigenvalue weighted by Gasteiger charge is 2.33. The Balaban J connectivity index is 1.75. The molecule has 1 aromatic heterocycles. The number of amides is 1. The molecular formula is C17H20N4O3. The fraction of sp³-hybridized carbons (Fsp3) is 0.412. The smallest absolute Gasteiger partial charge is 0.325 e. The number of aliphatic carboxylic acids is 1. The van der Waals surface area contributed by atoms with Gasteiger partial charge in [-0.15, -0.1) is 5.10 Å². The monoisotopic (exact) mass is 328 g/mol. The van der Waals surface area contributed by atoms with Crippen LogP contribution < -0.4 is 5.32 Å². The number of aromatic nitrogens is 3. The van der Waals surface area contributed by atoms with Gasteiger partial charge in [0.1, 0.15) is 6.54 Å². The molecule has 1 heterocycles. The maximum atomic E-state index is 12.4. The zero-order valence-corrected chi connectivity index (χ0v) is 13.6. The second-order valence-corrected chi connectivity index (χ2v) is 6.44. The maximum Gasteiger partial charge on any atom is 0.325 e. The summed E-state index contributed by atoms with van der Waals surface area (Å²) in [7, 11) is 0. The van der Waals surface area contributed by atoms with Crippen molar-refractivity contribution >= 4 is 11.9 Å². The number of carbonyl (C=O) groups excluding carboxylic acids is 1. The molecule has 1 amide bonds. The summed E-state index contributed by atoms with van der Waals surface area (Å²) in [5, 5.41) is 19.2. The van der Waals surface area contributed by atoms with Gasteiger partial charge in [-0.3, -0.25) is 9.59 Å². The molecule has 0 spiro atoms. The molecule has 0 bridgehead atoms. The Hall–Kier alpha value is -2.70. The topological polar surface area (TPSA) is 97.1 Å². The van der Waals surface area contributed by atoms with Crippen molar-refractivity contribution < 1.29 is 14.7 Å². The minimum absolute atomic E-state index is 0.0641. The molecule has 1 aliphatic carbocycles. The molecular weight excluding hydrogens is 308 g/mol. The van der Waals surface area contributed by atoms with Crippen LogP contribution in [0.1, 0.15) is 53.8 Å². The lowest BCUT2D eigenvalue weighted by atomic mass is 9.90. The molecule has 0 aliphatic heterocycles. The molecule has 1 aromatic carbocycles. The number of hydrogen-bond donors (Lipinski definition) is 2. The fourth-order valence-electron chi connectivity index (χ4n) is 3.29. The molecule has 7 heteroatoms. The number of rotatable bonds is 5. The molecule has 3 rings (SSSR count). The van der Waals surface area contributed by atoms with Crippen molar-refractivity contribution in [2.24, 2.45) is 5.92 Å². The lowest BCUT2D eigenvalue weighted by Crippen LogP contribution is -2.27. The Morgan fingerprint density at radius 2 is 2.04 bits per heavy atom. The van der Waals surface area contributed by atoms with Crippen LogP contribution in [0, 0.1) is 5.92 Å². The first kappa shape index (κ1) is 16.2. The highest BCUT2D eigenvalue weighted by atomic mass is 16.4. The van der Waals surface area contributed by atoms with E-state index >= 15 is 0 Å². The van der Waals surface area contributed by atoms with Crippen LogP contribution >= 0.6 is 0 Å². The van der Waals surface area contributed by atoms with E-state index in [4.69, 9.17) is 5.11 Å². The third kappa shape index (κ3) is 3.15. The van der Waals surface area contributed by atoms with Crippen LogP contribution in [-0.2, 0) is 11.3 Å². The van der Waals surface area contributed by atoms with Gasteiger partial charge in [0.25, 0.3) is 5.91 Å². The van der Waals surface area contributed by atoms with Crippen molar-refractivity contribution in [2.45, 2.75) is 38.8 Å². The van der Waals surface area contributed by atoms with Crippen LogP contribution in [0.5, 0.6) is 0 Å². The molecule has 2 atom stereocenters. The minimum Gasteiger partial charge on any atom is -0.480 e. The van der Waals surface area contributed by atoms with E-state index in [9.17, 15) is 9.59 Å². The summed E-state index contributed by atoms with van der Waals surface area (Å²) in [5.74, 6) is -0.467. The van der Waals surface area contributed by atoms with Gasteiger partial charge in [0.05, 0.1) is 12.2 Å². The molecule has 0 radical (unpaired) electrons. The van der Waals surface area contributed by atoms with Gasteiger partial charge in [-0.05, 0) is 29.4 Å². The van der Waals surface area contributed by atoms with E-state index in [1.807, 2.05) is 18.2 Å². The number of hydrogen-bond acceptors (Lipinski definition) is 4. The second kappa shape index (κ2) is 6.43. The zero-order chi connectivity index (χ0) is 17.3. The molecule has 0 unspecified atom stereocenters. The van der Waals surface area contributed by atoms with Gasteiger partial charge in [0.15, 0.2) is 5.69 Å². The summed E-state index contributed by atoms with van der Waals surface area (Å²) in [6.45, 7) is 4.05. The van der Waals surface area contributed by atoms with Crippen molar-refractivity contribution in [3.8, 4) is 0 Å². The summed E-state index contributed by atoms with van der Waals surface area (Å²) in [6, 6.07) is 8.10. The van der Waals surface area contributed by atoms with Crippen LogP contribution in [0.3, 0.4) is 0 Å². The van der Waals surface area contributed by atoms with E-state index in [1.54, 1.807) is 0 Å².